The second-order valence-electron chi connectivity index (χ2n) is 32.7. The van der Waals surface area contributed by atoms with E-state index in [1.54, 1.807) is 104 Å². The Bertz CT molecular complexity index is 4370. The molecule has 0 aliphatic heterocycles. The van der Waals surface area contributed by atoms with Crippen molar-refractivity contribution in [3.63, 3.8) is 0 Å². The van der Waals surface area contributed by atoms with E-state index in [9.17, 15) is 116 Å². The van der Waals surface area contributed by atoms with Crippen LogP contribution in [0.3, 0.4) is 0 Å². The number of amides is 2. The molecule has 0 aliphatic rings. The molecule has 5 unspecified atom stereocenters. The van der Waals surface area contributed by atoms with Crippen LogP contribution in [0.5, 0.6) is 0 Å². The Balaban J connectivity index is 0. The van der Waals surface area contributed by atoms with Crippen molar-refractivity contribution in [2.75, 3.05) is 41.0 Å². The fourth-order valence-corrected chi connectivity index (χ4v) is 10.8. The van der Waals surface area contributed by atoms with Gasteiger partial charge in [-0.25, -0.2) is 106 Å². The van der Waals surface area contributed by atoms with Gasteiger partial charge in [-0.3, -0.25) is 10.1 Å². The van der Waals surface area contributed by atoms with Crippen LogP contribution in [0.2, 0.25) is 13.6 Å². The van der Waals surface area contributed by atoms with Gasteiger partial charge in [0.1, 0.15) is 45.4 Å². The Hall–Kier alpha value is -10.2. The molecule has 12 N–H and O–H groups in total. The number of alkyl halides is 10. The van der Waals surface area contributed by atoms with Crippen molar-refractivity contribution in [1.82, 2.24) is 30.9 Å². The number of esters is 3. The summed E-state index contributed by atoms with van der Waals surface area (Å²) in [5, 5.41) is 47.1. The molecule has 0 radical (unpaired) electrons. The molecule has 0 saturated heterocycles. The van der Waals surface area contributed by atoms with Crippen LogP contribution < -0.4 is 56.0 Å². The molecule has 130 heavy (non-hydrogen) atoms. The predicted molar refractivity (Wildman–Crippen MR) is 437 cm³/mol. The first-order valence-electron chi connectivity index (χ1n) is 40.1. The largest absolute Gasteiger partial charge is 0.519 e. The van der Waals surface area contributed by atoms with E-state index in [4.69, 9.17) is 71.5 Å². The summed E-state index contributed by atoms with van der Waals surface area (Å²) in [6.45, 7) is 31.1. The van der Waals surface area contributed by atoms with E-state index in [-0.39, 0.29) is 125 Å². The maximum absolute atomic E-state index is 14.6. The number of aryl methyl sites for hydroxylation is 4. The quantitative estimate of drug-likeness (QED) is 0.00493. The minimum absolute atomic E-state index is 0.00550. The van der Waals surface area contributed by atoms with E-state index >= 15 is 0 Å². The Morgan fingerprint density at radius 3 is 1.12 bits per heavy atom. The van der Waals surface area contributed by atoms with Crippen molar-refractivity contribution in [1.29, 1.82) is 0 Å². The monoisotopic (exact) mass is 1900 g/mol. The summed E-state index contributed by atoms with van der Waals surface area (Å²) < 4.78 is 210. The molecule has 0 aliphatic carbocycles. The van der Waals surface area contributed by atoms with E-state index < -0.39 is 187 Å². The lowest BCUT2D eigenvalue weighted by atomic mass is 9.75. The number of nitrogens with two attached hydrogens (primary N) is 2. The summed E-state index contributed by atoms with van der Waals surface area (Å²) in [5.74, 6) is -9.88. The van der Waals surface area contributed by atoms with Crippen LogP contribution in [0.25, 0.3) is 0 Å². The second kappa shape index (κ2) is 55.2. The fourth-order valence-electron chi connectivity index (χ4n) is 10.8. The van der Waals surface area contributed by atoms with Crippen LogP contribution in [0.4, 0.5) is 63.1 Å². The summed E-state index contributed by atoms with van der Waals surface area (Å²) in [6.07, 6.45) is -19.8. The number of halogens is 10. The highest BCUT2D eigenvalue weighted by Gasteiger charge is 2.56. The zero-order valence-electron chi connectivity index (χ0n) is 76.9. The molecule has 2 amide bonds. The molecule has 4 aromatic rings. The number of carbonyl (C=O) groups excluding carboxylic acids is 7. The van der Waals surface area contributed by atoms with E-state index in [1.165, 1.54) is 39.2 Å². The van der Waals surface area contributed by atoms with E-state index in [0.717, 1.165) is 26.1 Å². The van der Waals surface area contributed by atoms with Crippen LogP contribution in [0, 0.1) is 27.7 Å². The molecule has 0 spiro atoms. The van der Waals surface area contributed by atoms with Gasteiger partial charge in [-0.2, -0.15) is 0 Å². The number of methoxy groups -OCH3 is 3. The molecular formula is C77H124B2F10N8O33. The molecule has 0 aromatic carbocycles. The van der Waals surface area contributed by atoms with E-state index in [1.807, 2.05) is 10.6 Å². The van der Waals surface area contributed by atoms with Crippen molar-refractivity contribution >= 4 is 68.4 Å². The minimum Gasteiger partial charge on any atom is -0.480 e. The maximum atomic E-state index is 14.6. The van der Waals surface area contributed by atoms with E-state index in [2.05, 4.69) is 34.0 Å². The summed E-state index contributed by atoms with van der Waals surface area (Å²) >= 11 is 0. The van der Waals surface area contributed by atoms with Crippen molar-refractivity contribution < 1.29 is 181 Å². The van der Waals surface area contributed by atoms with Gasteiger partial charge >= 0.3 is 91.7 Å². The Morgan fingerprint density at radius 2 is 0.800 bits per heavy atom. The minimum atomic E-state index is -3.32. The Kier molecular flexibility index (Phi) is 51.7. The normalized spacial score (nSPS) is 13.9. The van der Waals surface area contributed by atoms with Gasteiger partial charge in [0.25, 0.3) is 32.1 Å². The number of hydrogen-bond donors (Lipinski definition) is 10. The zero-order chi connectivity index (χ0) is 101. The fraction of sp³-hybridized carbons (Fsp3) is 0.727. The molecule has 53 heteroatoms. The topological polar surface area (TPSA) is 588 Å². The van der Waals surface area contributed by atoms with Crippen molar-refractivity contribution in [3.05, 3.63) is 88.5 Å². The average molecular weight is 1900 g/mol. The third kappa shape index (κ3) is 41.5. The molecule has 41 nitrogen and oxygen atoms in total. The number of carboxylic acid groups (broad SMARTS) is 2. The van der Waals surface area contributed by atoms with Gasteiger partial charge in [-0.1, -0.05) is 39.5 Å². The summed E-state index contributed by atoms with van der Waals surface area (Å²) in [5.41, 5.74) is -5.47. The molecule has 0 fully saturated rings. The lowest BCUT2D eigenvalue weighted by molar-refractivity contribution is -0.165. The van der Waals surface area contributed by atoms with Gasteiger partial charge in [-0.15, -0.1) is 0 Å². The molecule has 0 bridgehead atoms. The van der Waals surface area contributed by atoms with Crippen LogP contribution in [0.15, 0.2) is 54.5 Å². The number of unbranched alkanes of at least 4 members (excludes halogenated alkanes) is 2. The molecule has 0 saturated carbocycles. The molecule has 4 rings (SSSR count). The van der Waals surface area contributed by atoms with Gasteiger partial charge in [0.05, 0.1) is 47.5 Å². The number of carbonyl (C=O) groups is 9. The first-order valence-corrected chi connectivity index (χ1v) is 40.1. The standard InChI is InChI=1S/C19H28B2F2N2O10.C17H22F2N2O8.C13H23F2NO4.C12H21F2NO4.C10H18O5.C6H12F2N2O2/c1-11-13(34-17(27)32-11)9-24(20(3)29)8-6-7-19(15(22)23,16(26)31-5)25(21(4)30)10-14-12(2)33-18(28)35-14;1-9-11(28-15(23)26-9)7-20-6-4-5-17(13(18)19,14(22)25-3)21-8-12-10(2)27-16(24)29-12;1-6-7-8-13(9(14)15,10(17)19-5)16-11(18)20-12(2,3)4;1-5-6-7-12(8(13)14,9(16)17)15-10(18)19-11(2,3)4;1-9(2,3)14-7(11)13-8(12)15-10(4,5)6;7-4(8)6(10,5(11)12)2-1-3-9/h15,29-30H,6-10H2,1-5H3;13,20-21H,4-8H2,1-3H3;9H,6-8H2,1-5H3,(H,16,18);8H,5-7H2,1-4H3,(H,15,18)(H,16,17);1-6H3;4H,1-3,9-10H2,(H,11,12). The average Bonchev–Trinajstić information content (AvgIpc) is 1.09. The maximum Gasteiger partial charge on any atom is 0.519 e. The highest BCUT2D eigenvalue weighted by molar-refractivity contribution is 6.46. The van der Waals surface area contributed by atoms with Crippen LogP contribution in [0.1, 0.15) is 220 Å². The van der Waals surface area contributed by atoms with Gasteiger partial charge < -0.3 is 126 Å². The third-order valence-corrected chi connectivity index (χ3v) is 17.6. The highest BCUT2D eigenvalue weighted by Crippen LogP contribution is 2.35. The van der Waals surface area contributed by atoms with Gasteiger partial charge in [-0.05, 0) is 195 Å². The van der Waals surface area contributed by atoms with Gasteiger partial charge in [0.15, 0.2) is 39.7 Å². The number of rotatable bonds is 41. The number of hydrogen-bond acceptors (Lipinski definition) is 37. The number of nitrogens with zero attached hydrogens (tertiary/aromatic N) is 2. The Morgan fingerprint density at radius 1 is 0.438 bits per heavy atom. The number of alkyl carbamates (subject to hydrolysis) is 2. The van der Waals surface area contributed by atoms with Gasteiger partial charge in [0.2, 0.25) is 11.1 Å². The summed E-state index contributed by atoms with van der Waals surface area (Å²) in [6, 6.07) is 0. The van der Waals surface area contributed by atoms with Crippen molar-refractivity contribution in [3.8, 4) is 0 Å². The molecule has 4 aromatic heterocycles. The molecular weight excluding hydrogens is 1780 g/mol. The molecule has 746 valence electrons. The predicted octanol–water partition coefficient (Wildman–Crippen LogP) is 10.4. The lowest BCUT2D eigenvalue weighted by Gasteiger charge is -2.41. The van der Waals surface area contributed by atoms with Crippen LogP contribution in [-0.4, -0.2) is 222 Å². The Labute approximate surface area is 742 Å². The first-order chi connectivity index (χ1) is 59.6. The molecule has 4 heterocycles. The highest BCUT2D eigenvalue weighted by atomic mass is 19.3. The SMILES string of the molecule is CC(C)(C)OC(=O)OC(=O)OC(C)(C)C.CCCCC(NC(=O)OC(C)(C)C)(C(=O)O)C(F)F.CCCCC(NC(=O)OC(C)(C)C)(C(=O)OC)C(F)F.COC(=O)C(CCCN(Cc1oc(=O)oc1C)B(C)O)(C(F)F)N(Cc1oc(=O)oc1C)B(C)O.COC(=O)C(CCCNCc1oc(=O)oc1C)(NCc1oc(=O)oc1C)C(F)F.NCCCC(N)(C(=O)O)C(F)F. The van der Waals surface area contributed by atoms with Crippen LogP contribution >= 0.6 is 0 Å². The van der Waals surface area contributed by atoms with Crippen molar-refractivity contribution in [2.24, 2.45) is 11.5 Å². The van der Waals surface area contributed by atoms with E-state index in [0.29, 0.717) is 30.8 Å². The molecule has 5 atom stereocenters. The summed E-state index contributed by atoms with van der Waals surface area (Å²) in [4.78, 5) is 150. The second-order valence-corrected chi connectivity index (χ2v) is 32.7. The lowest BCUT2D eigenvalue weighted by Crippen LogP contribution is -2.64. The van der Waals surface area contributed by atoms with Crippen molar-refractivity contribution in [2.45, 2.75) is 324 Å². The zero-order valence-corrected chi connectivity index (χ0v) is 76.9. The summed E-state index contributed by atoms with van der Waals surface area (Å²) in [7, 11) is 0.297. The number of ether oxygens (including phenoxy) is 8. The number of aliphatic carboxylic acids is 2. The first kappa shape index (κ1) is 122. The number of carboxylic acids is 2. The van der Waals surface area contributed by atoms with Crippen LogP contribution in [-0.2, 0) is 88.0 Å². The number of nitrogens with one attached hydrogen (secondary N) is 4. The smallest absolute Gasteiger partial charge is 0.480 e. The third-order valence-electron chi connectivity index (χ3n) is 17.6. The van der Waals surface area contributed by atoms with Gasteiger partial charge in [0, 0.05) is 0 Å².